The summed E-state index contributed by atoms with van der Waals surface area (Å²) in [4.78, 5) is 27.8. The van der Waals surface area contributed by atoms with E-state index in [4.69, 9.17) is 0 Å². The number of rotatable bonds is 4. The van der Waals surface area contributed by atoms with Gasteiger partial charge in [-0.3, -0.25) is 14.5 Å². The summed E-state index contributed by atoms with van der Waals surface area (Å²) in [5, 5.41) is 7.60. The molecule has 0 aliphatic carbocycles. The van der Waals surface area contributed by atoms with Crippen LogP contribution in [-0.2, 0) is 9.59 Å². The maximum Gasteiger partial charge on any atom is 0.238 e. The monoisotopic (exact) mass is 369 g/mol. The van der Waals surface area contributed by atoms with E-state index in [2.05, 4.69) is 15.3 Å². The molecule has 0 radical (unpaired) electrons. The zero-order chi connectivity index (χ0) is 19.6. The first-order valence-corrected chi connectivity index (χ1v) is 9.26. The topological polar surface area (TPSA) is 70.5 Å². The second kappa shape index (κ2) is 7.92. The van der Waals surface area contributed by atoms with Crippen molar-refractivity contribution in [3.8, 4) is 5.69 Å². The molecule has 2 amide bonds. The van der Waals surface area contributed by atoms with E-state index in [1.54, 1.807) is 6.92 Å². The zero-order valence-corrected chi connectivity index (χ0v) is 16.5. The van der Waals surface area contributed by atoms with E-state index in [0.29, 0.717) is 32.7 Å². The summed E-state index contributed by atoms with van der Waals surface area (Å²) in [6.07, 6.45) is 0. The third kappa shape index (κ3) is 4.36. The van der Waals surface area contributed by atoms with Crippen molar-refractivity contribution >= 4 is 17.5 Å². The lowest BCUT2D eigenvalue weighted by Gasteiger charge is -2.33. The van der Waals surface area contributed by atoms with Crippen molar-refractivity contribution in [1.29, 1.82) is 0 Å². The second-order valence-electron chi connectivity index (χ2n) is 7.12. The van der Waals surface area contributed by atoms with Crippen LogP contribution in [0.5, 0.6) is 0 Å². The molecular weight excluding hydrogens is 342 g/mol. The van der Waals surface area contributed by atoms with Gasteiger partial charge in [0.2, 0.25) is 11.8 Å². The molecule has 1 saturated heterocycles. The largest absolute Gasteiger partial charge is 0.340 e. The number of benzene rings is 1. The fourth-order valence-electron chi connectivity index (χ4n) is 3.36. The van der Waals surface area contributed by atoms with Gasteiger partial charge in [0, 0.05) is 33.1 Å². The molecule has 0 bridgehead atoms. The van der Waals surface area contributed by atoms with Crippen molar-refractivity contribution in [2.45, 2.75) is 27.7 Å². The van der Waals surface area contributed by atoms with Crippen LogP contribution in [0.25, 0.3) is 5.69 Å². The van der Waals surface area contributed by atoms with E-state index < -0.39 is 0 Å². The van der Waals surface area contributed by atoms with Gasteiger partial charge < -0.3 is 10.2 Å². The normalized spacial score (nSPS) is 15.0. The van der Waals surface area contributed by atoms with Crippen LogP contribution in [0.15, 0.2) is 24.3 Å². The lowest BCUT2D eigenvalue weighted by molar-refractivity contribution is -0.130. The van der Waals surface area contributed by atoms with Gasteiger partial charge in [0.05, 0.1) is 29.3 Å². The van der Waals surface area contributed by atoms with E-state index in [1.165, 1.54) is 5.56 Å². The van der Waals surface area contributed by atoms with Crippen LogP contribution in [0.1, 0.15) is 23.9 Å². The van der Waals surface area contributed by atoms with Crippen molar-refractivity contribution < 1.29 is 9.59 Å². The highest BCUT2D eigenvalue weighted by Crippen LogP contribution is 2.23. The summed E-state index contributed by atoms with van der Waals surface area (Å²) in [5.41, 5.74) is 4.64. The maximum atomic E-state index is 12.5. The molecule has 0 spiro atoms. The SMILES string of the molecule is CC(=O)N1CCN(CC(=O)Nc2c(C)nn(-c3ccc(C)cc3)c2C)CC1. The van der Waals surface area contributed by atoms with Crippen LogP contribution in [0.4, 0.5) is 5.69 Å². The highest BCUT2D eigenvalue weighted by Gasteiger charge is 2.21. The molecule has 1 N–H and O–H groups in total. The molecule has 3 rings (SSSR count). The quantitative estimate of drug-likeness (QED) is 0.894. The second-order valence-corrected chi connectivity index (χ2v) is 7.12. The molecule has 1 aliphatic heterocycles. The van der Waals surface area contributed by atoms with Crippen molar-refractivity contribution in [3.05, 3.63) is 41.2 Å². The smallest absolute Gasteiger partial charge is 0.238 e. The number of anilines is 1. The van der Waals surface area contributed by atoms with Crippen LogP contribution in [-0.4, -0.2) is 64.1 Å². The van der Waals surface area contributed by atoms with Gasteiger partial charge in [-0.1, -0.05) is 17.7 Å². The fourth-order valence-corrected chi connectivity index (χ4v) is 3.36. The molecule has 0 saturated carbocycles. The highest BCUT2D eigenvalue weighted by atomic mass is 16.2. The number of amides is 2. The minimum Gasteiger partial charge on any atom is -0.340 e. The number of hydrogen-bond donors (Lipinski definition) is 1. The van der Waals surface area contributed by atoms with E-state index in [-0.39, 0.29) is 11.8 Å². The Hall–Kier alpha value is -2.67. The van der Waals surface area contributed by atoms with Gasteiger partial charge in [-0.2, -0.15) is 5.10 Å². The fraction of sp³-hybridized carbons (Fsp3) is 0.450. The Morgan fingerprint density at radius 2 is 1.67 bits per heavy atom. The summed E-state index contributed by atoms with van der Waals surface area (Å²) in [6.45, 7) is 10.6. The first kappa shape index (κ1) is 19.1. The molecule has 27 heavy (non-hydrogen) atoms. The lowest BCUT2D eigenvalue weighted by atomic mass is 10.2. The molecular formula is C20H27N5O2. The predicted octanol–water partition coefficient (Wildman–Crippen LogP) is 1.90. The summed E-state index contributed by atoms with van der Waals surface area (Å²) >= 11 is 0. The zero-order valence-electron chi connectivity index (χ0n) is 16.5. The summed E-state index contributed by atoms with van der Waals surface area (Å²) in [7, 11) is 0. The first-order chi connectivity index (χ1) is 12.8. The first-order valence-electron chi connectivity index (χ1n) is 9.26. The summed E-state index contributed by atoms with van der Waals surface area (Å²) in [5.74, 6) is 0.0369. The minimum absolute atomic E-state index is 0.0547. The minimum atomic E-state index is -0.0547. The van der Waals surface area contributed by atoms with Crippen LogP contribution < -0.4 is 5.32 Å². The molecule has 7 nitrogen and oxygen atoms in total. The van der Waals surface area contributed by atoms with Gasteiger partial charge >= 0.3 is 0 Å². The van der Waals surface area contributed by atoms with Crippen molar-refractivity contribution in [2.24, 2.45) is 0 Å². The standard InChI is InChI=1S/C20H27N5O2/c1-14-5-7-18(8-6-14)25-16(3)20(15(2)22-25)21-19(27)13-23-9-11-24(12-10-23)17(4)26/h5-8H,9-13H2,1-4H3,(H,21,27). The van der Waals surface area contributed by atoms with Crippen LogP contribution in [0, 0.1) is 20.8 Å². The molecule has 1 aromatic heterocycles. The average molecular weight is 369 g/mol. The van der Waals surface area contributed by atoms with Crippen LogP contribution in [0.2, 0.25) is 0 Å². The lowest BCUT2D eigenvalue weighted by Crippen LogP contribution is -2.49. The van der Waals surface area contributed by atoms with E-state index in [1.807, 2.05) is 54.6 Å². The molecule has 0 unspecified atom stereocenters. The van der Waals surface area contributed by atoms with E-state index in [0.717, 1.165) is 22.8 Å². The third-order valence-electron chi connectivity index (χ3n) is 5.02. The van der Waals surface area contributed by atoms with Gasteiger partial charge in [0.15, 0.2) is 0 Å². The van der Waals surface area contributed by atoms with Crippen molar-refractivity contribution in [1.82, 2.24) is 19.6 Å². The average Bonchev–Trinajstić information content (AvgIpc) is 2.91. The number of carbonyl (C=O) groups excluding carboxylic acids is 2. The number of nitrogens with zero attached hydrogens (tertiary/aromatic N) is 4. The molecule has 1 aromatic carbocycles. The Morgan fingerprint density at radius 3 is 2.26 bits per heavy atom. The molecule has 0 atom stereocenters. The number of aromatic nitrogens is 2. The van der Waals surface area contributed by atoms with Crippen LogP contribution >= 0.6 is 0 Å². The van der Waals surface area contributed by atoms with Gasteiger partial charge in [-0.15, -0.1) is 0 Å². The molecule has 7 heteroatoms. The molecule has 2 aromatic rings. The Balaban J connectivity index is 1.65. The Morgan fingerprint density at radius 1 is 1.04 bits per heavy atom. The number of hydrogen-bond acceptors (Lipinski definition) is 4. The highest BCUT2D eigenvalue weighted by molar-refractivity contribution is 5.93. The van der Waals surface area contributed by atoms with Gasteiger partial charge in [-0.25, -0.2) is 4.68 Å². The molecule has 2 heterocycles. The van der Waals surface area contributed by atoms with Gasteiger partial charge in [-0.05, 0) is 32.9 Å². The van der Waals surface area contributed by atoms with Gasteiger partial charge in [0.25, 0.3) is 0 Å². The molecule has 144 valence electrons. The Labute approximate surface area is 159 Å². The van der Waals surface area contributed by atoms with Crippen molar-refractivity contribution in [2.75, 3.05) is 38.0 Å². The summed E-state index contributed by atoms with van der Waals surface area (Å²) < 4.78 is 1.86. The van der Waals surface area contributed by atoms with Crippen LogP contribution in [0.3, 0.4) is 0 Å². The molecule has 1 fully saturated rings. The van der Waals surface area contributed by atoms with E-state index >= 15 is 0 Å². The van der Waals surface area contributed by atoms with Crippen molar-refractivity contribution in [3.63, 3.8) is 0 Å². The maximum absolute atomic E-state index is 12.5. The predicted molar refractivity (Wildman–Crippen MR) is 105 cm³/mol. The van der Waals surface area contributed by atoms with Gasteiger partial charge in [0.1, 0.15) is 0 Å². The third-order valence-corrected chi connectivity index (χ3v) is 5.02. The van der Waals surface area contributed by atoms with E-state index in [9.17, 15) is 9.59 Å². The molecule has 1 aliphatic rings. The number of piperazine rings is 1. The number of carbonyl (C=O) groups is 2. The number of aryl methyl sites for hydroxylation is 2. The number of nitrogens with one attached hydrogen (secondary N) is 1. The Bertz CT molecular complexity index is 833. The summed E-state index contributed by atoms with van der Waals surface area (Å²) in [6, 6.07) is 8.14. The Kier molecular flexibility index (Phi) is 5.60.